The fourth-order valence-corrected chi connectivity index (χ4v) is 2.08. The molecule has 2 N–H and O–H groups in total. The third kappa shape index (κ3) is 8.16. The highest BCUT2D eigenvalue weighted by Gasteiger charge is 2.01. The Labute approximate surface area is 127 Å². The molecule has 0 aliphatic heterocycles. The Bertz CT molecular complexity index is 485. The van der Waals surface area contributed by atoms with E-state index in [4.69, 9.17) is 5.11 Å². The van der Waals surface area contributed by atoms with Crippen molar-refractivity contribution < 1.29 is 9.90 Å². The normalized spacial score (nSPS) is 9.81. The van der Waals surface area contributed by atoms with Gasteiger partial charge >= 0.3 is 0 Å². The molecule has 3 nitrogen and oxygen atoms in total. The van der Waals surface area contributed by atoms with Crippen LogP contribution in [0.1, 0.15) is 56.6 Å². The van der Waals surface area contributed by atoms with Gasteiger partial charge in [0, 0.05) is 18.5 Å². The van der Waals surface area contributed by atoms with E-state index < -0.39 is 0 Å². The zero-order valence-electron chi connectivity index (χ0n) is 12.8. The Morgan fingerprint density at radius 2 is 2.05 bits per heavy atom. The SMILES string of the molecule is CCCCCCCC(=O)NCc1cccc(C#CCO)c1. The van der Waals surface area contributed by atoms with Crippen LogP contribution in [0.3, 0.4) is 0 Å². The molecule has 0 saturated carbocycles. The van der Waals surface area contributed by atoms with Gasteiger partial charge in [-0.05, 0) is 24.1 Å². The molecule has 1 aromatic rings. The number of amides is 1. The van der Waals surface area contributed by atoms with Gasteiger partial charge in [0.1, 0.15) is 6.61 Å². The van der Waals surface area contributed by atoms with Gasteiger partial charge in [-0.15, -0.1) is 0 Å². The van der Waals surface area contributed by atoms with Crippen LogP contribution in [0.15, 0.2) is 24.3 Å². The predicted octanol–water partition coefficient (Wildman–Crippen LogP) is 3.01. The summed E-state index contributed by atoms with van der Waals surface area (Å²) in [4.78, 5) is 11.7. The number of hydrogen-bond acceptors (Lipinski definition) is 2. The van der Waals surface area contributed by atoms with Gasteiger partial charge in [0.2, 0.25) is 5.91 Å². The standard InChI is InChI=1S/C18H25NO2/c1-2-3-4-5-6-12-18(21)19-15-17-10-7-9-16(14-17)11-8-13-20/h7,9-10,14,20H,2-6,12-13,15H2,1H3,(H,19,21). The number of carbonyl (C=O) groups is 1. The predicted molar refractivity (Wildman–Crippen MR) is 85.6 cm³/mol. The minimum atomic E-state index is -0.140. The van der Waals surface area contributed by atoms with Gasteiger partial charge in [-0.3, -0.25) is 4.79 Å². The van der Waals surface area contributed by atoms with Crippen LogP contribution < -0.4 is 5.32 Å². The van der Waals surface area contributed by atoms with Gasteiger partial charge in [0.15, 0.2) is 0 Å². The second kappa shape index (κ2) is 10.9. The molecule has 0 aliphatic rings. The van der Waals surface area contributed by atoms with E-state index >= 15 is 0 Å². The smallest absolute Gasteiger partial charge is 0.220 e. The summed E-state index contributed by atoms with van der Waals surface area (Å²) in [6.07, 6.45) is 6.40. The maximum Gasteiger partial charge on any atom is 0.220 e. The average Bonchev–Trinajstić information content (AvgIpc) is 2.51. The second-order valence-electron chi connectivity index (χ2n) is 5.10. The van der Waals surface area contributed by atoms with Gasteiger partial charge < -0.3 is 10.4 Å². The molecule has 0 fully saturated rings. The zero-order valence-corrected chi connectivity index (χ0v) is 12.8. The largest absolute Gasteiger partial charge is 0.384 e. The fourth-order valence-electron chi connectivity index (χ4n) is 2.08. The molecule has 3 heteroatoms. The number of hydrogen-bond donors (Lipinski definition) is 2. The molecule has 0 radical (unpaired) electrons. The molecule has 0 unspecified atom stereocenters. The van der Waals surface area contributed by atoms with Crippen LogP contribution in [0.4, 0.5) is 0 Å². The van der Waals surface area contributed by atoms with Gasteiger partial charge in [-0.2, -0.15) is 0 Å². The number of aliphatic hydroxyl groups excluding tert-OH is 1. The molecule has 0 bridgehead atoms. The van der Waals surface area contributed by atoms with Crippen molar-refractivity contribution in [3.8, 4) is 11.8 Å². The van der Waals surface area contributed by atoms with Crippen molar-refractivity contribution in [2.75, 3.05) is 6.61 Å². The summed E-state index contributed by atoms with van der Waals surface area (Å²) < 4.78 is 0. The highest BCUT2D eigenvalue weighted by atomic mass is 16.2. The molecule has 21 heavy (non-hydrogen) atoms. The Kier molecular flexibility index (Phi) is 8.99. The maximum absolute atomic E-state index is 11.7. The summed E-state index contributed by atoms with van der Waals surface area (Å²) in [6.45, 7) is 2.58. The lowest BCUT2D eigenvalue weighted by Gasteiger charge is -2.06. The number of benzene rings is 1. The highest BCUT2D eigenvalue weighted by Crippen LogP contribution is 2.06. The van der Waals surface area contributed by atoms with Gasteiger partial charge in [-0.1, -0.05) is 56.6 Å². The van der Waals surface area contributed by atoms with Crippen molar-refractivity contribution in [2.45, 2.75) is 52.0 Å². The van der Waals surface area contributed by atoms with Crippen LogP contribution in [0.2, 0.25) is 0 Å². The summed E-state index contributed by atoms with van der Waals surface area (Å²) in [5, 5.41) is 11.6. The van der Waals surface area contributed by atoms with Crippen LogP contribution >= 0.6 is 0 Å². The van der Waals surface area contributed by atoms with Gasteiger partial charge in [0.05, 0.1) is 0 Å². The van der Waals surface area contributed by atoms with E-state index in [1.807, 2.05) is 24.3 Å². The number of nitrogens with one attached hydrogen (secondary N) is 1. The molecule has 1 amide bonds. The van der Waals surface area contributed by atoms with Crippen LogP contribution in [0, 0.1) is 11.8 Å². The van der Waals surface area contributed by atoms with Gasteiger partial charge in [-0.25, -0.2) is 0 Å². The minimum absolute atomic E-state index is 0.110. The molecule has 0 aromatic heterocycles. The summed E-state index contributed by atoms with van der Waals surface area (Å²) in [5.74, 6) is 5.59. The lowest BCUT2D eigenvalue weighted by atomic mass is 10.1. The topological polar surface area (TPSA) is 49.3 Å². The van der Waals surface area contributed by atoms with Crippen molar-refractivity contribution in [3.05, 3.63) is 35.4 Å². The molecule has 0 spiro atoms. The molecule has 0 atom stereocenters. The van der Waals surface area contributed by atoms with Crippen LogP contribution in [-0.4, -0.2) is 17.6 Å². The first-order chi connectivity index (χ1) is 10.3. The van der Waals surface area contributed by atoms with Crippen molar-refractivity contribution in [3.63, 3.8) is 0 Å². The molecule has 1 rings (SSSR count). The van der Waals surface area contributed by atoms with Crippen molar-refractivity contribution in [1.29, 1.82) is 0 Å². The van der Waals surface area contributed by atoms with E-state index in [9.17, 15) is 4.79 Å². The molecule has 0 saturated heterocycles. The fraction of sp³-hybridized carbons (Fsp3) is 0.500. The Morgan fingerprint density at radius 3 is 2.81 bits per heavy atom. The number of aliphatic hydroxyl groups is 1. The van der Waals surface area contributed by atoms with E-state index in [-0.39, 0.29) is 12.5 Å². The third-order valence-corrected chi connectivity index (χ3v) is 3.24. The summed E-state index contributed by atoms with van der Waals surface area (Å²) >= 11 is 0. The number of unbranched alkanes of at least 4 members (excludes halogenated alkanes) is 4. The lowest BCUT2D eigenvalue weighted by Crippen LogP contribution is -2.22. The van der Waals surface area contributed by atoms with E-state index in [1.165, 1.54) is 19.3 Å². The lowest BCUT2D eigenvalue weighted by molar-refractivity contribution is -0.121. The van der Waals surface area contributed by atoms with E-state index in [0.29, 0.717) is 13.0 Å². The van der Waals surface area contributed by atoms with E-state index in [0.717, 1.165) is 24.0 Å². The Morgan fingerprint density at radius 1 is 1.24 bits per heavy atom. The summed E-state index contributed by atoms with van der Waals surface area (Å²) in [7, 11) is 0. The molecular weight excluding hydrogens is 262 g/mol. The van der Waals surface area contributed by atoms with Crippen LogP contribution in [0.5, 0.6) is 0 Å². The minimum Gasteiger partial charge on any atom is -0.384 e. The first kappa shape index (κ1) is 17.3. The summed E-state index contributed by atoms with van der Waals surface area (Å²) in [6, 6.07) is 7.70. The van der Waals surface area contributed by atoms with E-state index in [1.54, 1.807) is 0 Å². The molecule has 1 aromatic carbocycles. The van der Waals surface area contributed by atoms with Crippen molar-refractivity contribution in [2.24, 2.45) is 0 Å². The Hall–Kier alpha value is -1.79. The third-order valence-electron chi connectivity index (χ3n) is 3.24. The van der Waals surface area contributed by atoms with Crippen molar-refractivity contribution >= 4 is 5.91 Å². The summed E-state index contributed by atoms with van der Waals surface area (Å²) in [5.41, 5.74) is 1.88. The van der Waals surface area contributed by atoms with E-state index in [2.05, 4.69) is 24.1 Å². The van der Waals surface area contributed by atoms with Crippen molar-refractivity contribution in [1.82, 2.24) is 5.32 Å². The molecular formula is C18H25NO2. The second-order valence-corrected chi connectivity index (χ2v) is 5.10. The zero-order chi connectivity index (χ0) is 15.3. The number of carbonyl (C=O) groups excluding carboxylic acids is 1. The maximum atomic E-state index is 11.7. The Balaban J connectivity index is 2.29. The van der Waals surface area contributed by atoms with Gasteiger partial charge in [0.25, 0.3) is 0 Å². The quantitative estimate of drug-likeness (QED) is 0.570. The number of rotatable bonds is 8. The molecule has 0 aliphatic carbocycles. The first-order valence-corrected chi connectivity index (χ1v) is 7.71. The average molecular weight is 287 g/mol. The monoisotopic (exact) mass is 287 g/mol. The van der Waals surface area contributed by atoms with Crippen LogP contribution in [-0.2, 0) is 11.3 Å². The van der Waals surface area contributed by atoms with Crippen LogP contribution in [0.25, 0.3) is 0 Å². The highest BCUT2D eigenvalue weighted by molar-refractivity contribution is 5.75. The molecule has 114 valence electrons. The first-order valence-electron chi connectivity index (χ1n) is 7.71. The molecule has 0 heterocycles.